The summed E-state index contributed by atoms with van der Waals surface area (Å²) in [5.41, 5.74) is 0.983. The molecule has 0 aliphatic carbocycles. The second-order valence-corrected chi connectivity index (χ2v) is 8.00. The summed E-state index contributed by atoms with van der Waals surface area (Å²) in [6.45, 7) is 1.50. The van der Waals surface area contributed by atoms with Gasteiger partial charge >= 0.3 is 6.18 Å². The first-order valence-corrected chi connectivity index (χ1v) is 10.1. The molecule has 1 aromatic carbocycles. The molecule has 4 rings (SSSR count). The summed E-state index contributed by atoms with van der Waals surface area (Å²) >= 11 is 6.01. The molecule has 1 saturated heterocycles. The van der Waals surface area contributed by atoms with Crippen LogP contribution in [0.5, 0.6) is 0 Å². The molecule has 0 unspecified atom stereocenters. The van der Waals surface area contributed by atoms with Gasteiger partial charge in [-0.1, -0.05) is 23.7 Å². The van der Waals surface area contributed by atoms with Gasteiger partial charge in [-0.3, -0.25) is 4.79 Å². The van der Waals surface area contributed by atoms with Gasteiger partial charge in [0, 0.05) is 37.6 Å². The Morgan fingerprint density at radius 3 is 2.61 bits per heavy atom. The minimum atomic E-state index is -4.64. The molecular weight excluding hydrogens is 433 g/mol. The van der Waals surface area contributed by atoms with Crippen molar-refractivity contribution in [1.29, 1.82) is 0 Å². The highest BCUT2D eigenvalue weighted by Crippen LogP contribution is 2.29. The number of hydrogen-bond acceptors (Lipinski definition) is 5. The van der Waals surface area contributed by atoms with E-state index in [1.807, 2.05) is 23.1 Å². The number of piperidine rings is 1. The highest BCUT2D eigenvalue weighted by atomic mass is 35.5. The maximum atomic E-state index is 13.1. The molecule has 31 heavy (non-hydrogen) atoms. The van der Waals surface area contributed by atoms with E-state index in [0.29, 0.717) is 47.8 Å². The van der Waals surface area contributed by atoms with Crippen LogP contribution in [0.3, 0.4) is 0 Å². The van der Waals surface area contributed by atoms with Crippen LogP contribution in [0.15, 0.2) is 36.4 Å². The number of hydrogen-bond donors (Lipinski definition) is 0. The van der Waals surface area contributed by atoms with Crippen LogP contribution in [0.1, 0.15) is 24.2 Å². The Morgan fingerprint density at radius 2 is 1.94 bits per heavy atom. The van der Waals surface area contributed by atoms with Crippen molar-refractivity contribution in [2.75, 3.05) is 25.0 Å². The molecule has 0 radical (unpaired) electrons. The van der Waals surface area contributed by atoms with Crippen molar-refractivity contribution < 1.29 is 18.0 Å². The molecule has 1 amide bonds. The van der Waals surface area contributed by atoms with E-state index in [4.69, 9.17) is 11.6 Å². The lowest BCUT2D eigenvalue weighted by Gasteiger charge is -2.33. The molecule has 2 aromatic heterocycles. The van der Waals surface area contributed by atoms with Crippen LogP contribution in [-0.4, -0.2) is 50.8 Å². The van der Waals surface area contributed by atoms with Crippen molar-refractivity contribution >= 4 is 29.0 Å². The molecule has 3 aromatic rings. The van der Waals surface area contributed by atoms with E-state index >= 15 is 0 Å². The number of alkyl halides is 3. The van der Waals surface area contributed by atoms with E-state index < -0.39 is 12.0 Å². The first-order valence-electron chi connectivity index (χ1n) is 9.76. The predicted octanol–water partition coefficient (Wildman–Crippen LogP) is 3.67. The van der Waals surface area contributed by atoms with Gasteiger partial charge in [0.15, 0.2) is 5.65 Å². The SMILES string of the molecule is CN(Cc1cccc(Cl)c1)C(=O)C1CCN(c2ccc3nnc(C(F)(F)F)n3n2)CC1. The molecule has 1 fully saturated rings. The van der Waals surface area contributed by atoms with Gasteiger partial charge in [0.2, 0.25) is 5.91 Å². The number of aromatic nitrogens is 4. The summed E-state index contributed by atoms with van der Waals surface area (Å²) in [7, 11) is 1.76. The quantitative estimate of drug-likeness (QED) is 0.604. The fourth-order valence-electron chi connectivity index (χ4n) is 3.78. The highest BCUT2D eigenvalue weighted by Gasteiger charge is 2.38. The van der Waals surface area contributed by atoms with Gasteiger partial charge in [-0.2, -0.15) is 17.7 Å². The third kappa shape index (κ3) is 4.58. The fraction of sp³-hybridized carbons (Fsp3) is 0.400. The molecule has 0 bridgehead atoms. The molecule has 0 saturated carbocycles. The van der Waals surface area contributed by atoms with Crippen LogP contribution in [0.2, 0.25) is 5.02 Å². The lowest BCUT2D eigenvalue weighted by atomic mass is 9.95. The Labute approximate surface area is 181 Å². The van der Waals surface area contributed by atoms with Crippen molar-refractivity contribution in [3.63, 3.8) is 0 Å². The van der Waals surface area contributed by atoms with Crippen molar-refractivity contribution in [2.24, 2.45) is 5.92 Å². The maximum Gasteiger partial charge on any atom is 0.453 e. The summed E-state index contributed by atoms with van der Waals surface area (Å²) in [6, 6.07) is 10.5. The standard InChI is InChI=1S/C20H20ClF3N6O/c1-28(12-13-3-2-4-15(21)11-13)18(31)14-7-9-29(10-8-14)17-6-5-16-25-26-19(20(22,23)24)30(16)27-17/h2-6,11,14H,7-10,12H2,1H3. The lowest BCUT2D eigenvalue weighted by Crippen LogP contribution is -2.41. The van der Waals surface area contributed by atoms with Crippen molar-refractivity contribution in [3.8, 4) is 0 Å². The average Bonchev–Trinajstić information content (AvgIpc) is 3.17. The van der Waals surface area contributed by atoms with Gasteiger partial charge in [-0.25, -0.2) is 0 Å². The monoisotopic (exact) mass is 452 g/mol. The minimum Gasteiger partial charge on any atom is -0.355 e. The number of rotatable bonds is 4. The summed E-state index contributed by atoms with van der Waals surface area (Å²) in [6.07, 6.45) is -3.46. The number of anilines is 1. The number of fused-ring (bicyclic) bond motifs is 1. The zero-order chi connectivity index (χ0) is 22.2. The van der Waals surface area contributed by atoms with E-state index in [1.54, 1.807) is 24.1 Å². The summed E-state index contributed by atoms with van der Waals surface area (Å²) < 4.78 is 40.0. The van der Waals surface area contributed by atoms with Gasteiger partial charge < -0.3 is 9.80 Å². The van der Waals surface area contributed by atoms with Crippen LogP contribution in [0.4, 0.5) is 19.0 Å². The van der Waals surface area contributed by atoms with Gasteiger partial charge in [0.25, 0.3) is 5.82 Å². The third-order valence-corrected chi connectivity index (χ3v) is 5.59. The number of carbonyl (C=O) groups is 1. The maximum absolute atomic E-state index is 13.1. The number of carbonyl (C=O) groups excluding carboxylic acids is 1. The molecule has 1 aliphatic rings. The zero-order valence-corrected chi connectivity index (χ0v) is 17.4. The van der Waals surface area contributed by atoms with Gasteiger partial charge in [0.05, 0.1) is 0 Å². The molecule has 3 heterocycles. The molecule has 0 spiro atoms. The van der Waals surface area contributed by atoms with Gasteiger partial charge in [-0.05, 0) is 42.7 Å². The van der Waals surface area contributed by atoms with Gasteiger partial charge in [0.1, 0.15) is 5.82 Å². The summed E-state index contributed by atoms with van der Waals surface area (Å²) in [4.78, 5) is 16.4. The van der Waals surface area contributed by atoms with Crippen LogP contribution >= 0.6 is 11.6 Å². The number of benzene rings is 1. The first-order chi connectivity index (χ1) is 14.7. The molecular formula is C20H20ClF3N6O. The third-order valence-electron chi connectivity index (χ3n) is 5.36. The van der Waals surface area contributed by atoms with Crippen molar-refractivity contribution in [2.45, 2.75) is 25.6 Å². The normalized spacial score (nSPS) is 15.5. The number of amides is 1. The number of nitrogens with zero attached hydrogens (tertiary/aromatic N) is 6. The van der Waals surface area contributed by atoms with Crippen LogP contribution in [-0.2, 0) is 17.5 Å². The summed E-state index contributed by atoms with van der Waals surface area (Å²) in [5.74, 6) is -0.862. The minimum absolute atomic E-state index is 0.0313. The second kappa shape index (κ2) is 8.33. The molecule has 0 N–H and O–H groups in total. The van der Waals surface area contributed by atoms with Crippen molar-refractivity contribution in [1.82, 2.24) is 24.7 Å². The topological polar surface area (TPSA) is 66.6 Å². The first kappa shape index (κ1) is 21.4. The number of halogens is 4. The highest BCUT2D eigenvalue weighted by molar-refractivity contribution is 6.30. The van der Waals surface area contributed by atoms with Crippen LogP contribution < -0.4 is 4.90 Å². The molecule has 0 atom stereocenters. The second-order valence-electron chi connectivity index (χ2n) is 7.57. The Hall–Kier alpha value is -2.88. The van der Waals surface area contributed by atoms with E-state index in [1.165, 1.54) is 6.07 Å². The zero-order valence-electron chi connectivity index (χ0n) is 16.7. The van der Waals surface area contributed by atoms with Gasteiger partial charge in [-0.15, -0.1) is 15.3 Å². The Kier molecular flexibility index (Phi) is 5.74. The van der Waals surface area contributed by atoms with E-state index in [2.05, 4.69) is 15.3 Å². The van der Waals surface area contributed by atoms with Crippen LogP contribution in [0.25, 0.3) is 5.65 Å². The van der Waals surface area contributed by atoms with Crippen LogP contribution in [0, 0.1) is 5.92 Å². The van der Waals surface area contributed by atoms with E-state index in [9.17, 15) is 18.0 Å². The Bertz CT molecular complexity index is 1090. The molecule has 11 heteroatoms. The Morgan fingerprint density at radius 1 is 1.19 bits per heavy atom. The van der Waals surface area contributed by atoms with E-state index in [-0.39, 0.29) is 17.5 Å². The molecule has 1 aliphatic heterocycles. The average molecular weight is 453 g/mol. The van der Waals surface area contributed by atoms with Crippen molar-refractivity contribution in [3.05, 3.63) is 52.8 Å². The molecule has 7 nitrogen and oxygen atoms in total. The van der Waals surface area contributed by atoms with E-state index in [0.717, 1.165) is 5.56 Å². The Balaban J connectivity index is 1.40. The lowest BCUT2D eigenvalue weighted by molar-refractivity contribution is -0.146. The summed E-state index contributed by atoms with van der Waals surface area (Å²) in [5, 5.41) is 11.4. The molecule has 164 valence electrons. The fourth-order valence-corrected chi connectivity index (χ4v) is 3.99. The smallest absolute Gasteiger partial charge is 0.355 e. The largest absolute Gasteiger partial charge is 0.453 e. The predicted molar refractivity (Wildman–Crippen MR) is 109 cm³/mol.